The summed E-state index contributed by atoms with van der Waals surface area (Å²) in [7, 11) is 0. The number of anilines is 2. The SMILES string of the molecule is Nc1cccc(F)c1NC(=O)C1CCCCC1. The largest absolute Gasteiger partial charge is 0.397 e. The van der Waals surface area contributed by atoms with Crippen molar-refractivity contribution in [1.82, 2.24) is 0 Å². The first kappa shape index (κ1) is 11.9. The maximum atomic E-state index is 13.5. The number of benzene rings is 1. The van der Waals surface area contributed by atoms with Crippen LogP contribution in [0.4, 0.5) is 15.8 Å². The molecule has 92 valence electrons. The summed E-state index contributed by atoms with van der Waals surface area (Å²) in [5.41, 5.74) is 6.03. The fourth-order valence-corrected chi connectivity index (χ4v) is 2.26. The molecule has 1 aromatic carbocycles. The lowest BCUT2D eigenvalue weighted by Crippen LogP contribution is -2.25. The predicted octanol–water partition coefficient (Wildman–Crippen LogP) is 2.93. The van der Waals surface area contributed by atoms with Crippen LogP contribution < -0.4 is 11.1 Å². The predicted molar refractivity (Wildman–Crippen MR) is 66.0 cm³/mol. The Morgan fingerprint density at radius 1 is 1.29 bits per heavy atom. The van der Waals surface area contributed by atoms with Crippen LogP contribution >= 0.6 is 0 Å². The summed E-state index contributed by atoms with van der Waals surface area (Å²) in [6.45, 7) is 0. The molecule has 0 aromatic heterocycles. The van der Waals surface area contributed by atoms with Crippen LogP contribution in [0.5, 0.6) is 0 Å². The van der Waals surface area contributed by atoms with E-state index >= 15 is 0 Å². The number of nitrogen functional groups attached to an aromatic ring is 1. The Labute approximate surface area is 100 Å². The van der Waals surface area contributed by atoms with Crippen molar-refractivity contribution in [3.63, 3.8) is 0 Å². The van der Waals surface area contributed by atoms with E-state index in [1.54, 1.807) is 6.07 Å². The monoisotopic (exact) mass is 236 g/mol. The van der Waals surface area contributed by atoms with Gasteiger partial charge in [-0.2, -0.15) is 0 Å². The van der Waals surface area contributed by atoms with Gasteiger partial charge in [-0.25, -0.2) is 4.39 Å². The molecule has 1 aliphatic carbocycles. The normalized spacial score (nSPS) is 16.8. The van der Waals surface area contributed by atoms with E-state index in [1.165, 1.54) is 18.6 Å². The van der Waals surface area contributed by atoms with Crippen LogP contribution in [-0.2, 0) is 4.79 Å². The summed E-state index contributed by atoms with van der Waals surface area (Å²) < 4.78 is 13.5. The highest BCUT2D eigenvalue weighted by Crippen LogP contribution is 2.27. The zero-order valence-corrected chi connectivity index (χ0v) is 9.71. The number of rotatable bonds is 2. The third-order valence-corrected chi connectivity index (χ3v) is 3.27. The molecule has 0 radical (unpaired) electrons. The van der Waals surface area contributed by atoms with Crippen molar-refractivity contribution < 1.29 is 9.18 Å². The molecular weight excluding hydrogens is 219 g/mol. The number of nitrogens with one attached hydrogen (secondary N) is 1. The summed E-state index contributed by atoms with van der Waals surface area (Å²) in [5.74, 6) is -0.585. The Balaban J connectivity index is 2.07. The summed E-state index contributed by atoms with van der Waals surface area (Å²) >= 11 is 0. The lowest BCUT2D eigenvalue weighted by Gasteiger charge is -2.21. The van der Waals surface area contributed by atoms with Crippen molar-refractivity contribution in [2.75, 3.05) is 11.1 Å². The Kier molecular flexibility index (Phi) is 3.61. The van der Waals surface area contributed by atoms with Crippen LogP contribution in [0.2, 0.25) is 0 Å². The molecule has 4 heteroatoms. The van der Waals surface area contributed by atoms with E-state index in [1.807, 2.05) is 0 Å². The highest BCUT2D eigenvalue weighted by atomic mass is 19.1. The molecule has 1 amide bonds. The minimum absolute atomic E-state index is 0.00255. The van der Waals surface area contributed by atoms with Gasteiger partial charge in [0.2, 0.25) is 5.91 Å². The van der Waals surface area contributed by atoms with E-state index in [0.29, 0.717) is 0 Å². The molecule has 1 aromatic rings. The zero-order valence-electron chi connectivity index (χ0n) is 9.71. The van der Waals surface area contributed by atoms with E-state index in [9.17, 15) is 9.18 Å². The minimum Gasteiger partial charge on any atom is -0.397 e. The molecule has 0 aliphatic heterocycles. The maximum absolute atomic E-state index is 13.5. The van der Waals surface area contributed by atoms with Gasteiger partial charge in [0.25, 0.3) is 0 Å². The molecule has 2 rings (SSSR count). The molecule has 0 heterocycles. The van der Waals surface area contributed by atoms with Crippen LogP contribution in [0, 0.1) is 11.7 Å². The lowest BCUT2D eigenvalue weighted by atomic mass is 9.88. The third kappa shape index (κ3) is 2.75. The van der Waals surface area contributed by atoms with Gasteiger partial charge < -0.3 is 11.1 Å². The van der Waals surface area contributed by atoms with Crippen LogP contribution in [-0.4, -0.2) is 5.91 Å². The van der Waals surface area contributed by atoms with Crippen molar-refractivity contribution >= 4 is 17.3 Å². The number of para-hydroxylation sites is 1. The van der Waals surface area contributed by atoms with Gasteiger partial charge >= 0.3 is 0 Å². The van der Waals surface area contributed by atoms with Crippen molar-refractivity contribution in [3.05, 3.63) is 24.0 Å². The number of nitrogens with two attached hydrogens (primary N) is 1. The second kappa shape index (κ2) is 5.17. The molecule has 0 bridgehead atoms. The van der Waals surface area contributed by atoms with E-state index in [-0.39, 0.29) is 23.2 Å². The van der Waals surface area contributed by atoms with Gasteiger partial charge in [-0.1, -0.05) is 25.3 Å². The van der Waals surface area contributed by atoms with Crippen molar-refractivity contribution in [2.45, 2.75) is 32.1 Å². The van der Waals surface area contributed by atoms with Gasteiger partial charge in [-0.05, 0) is 25.0 Å². The average Bonchev–Trinajstić information content (AvgIpc) is 2.35. The molecular formula is C13H17FN2O. The number of carbonyl (C=O) groups is 1. The van der Waals surface area contributed by atoms with Crippen LogP contribution in [0.15, 0.2) is 18.2 Å². The Morgan fingerprint density at radius 3 is 2.65 bits per heavy atom. The van der Waals surface area contributed by atoms with Gasteiger partial charge in [-0.3, -0.25) is 4.79 Å². The van der Waals surface area contributed by atoms with Crippen LogP contribution in [0.25, 0.3) is 0 Å². The highest BCUT2D eigenvalue weighted by molar-refractivity contribution is 5.95. The molecule has 3 N–H and O–H groups in total. The minimum atomic E-state index is -0.478. The van der Waals surface area contributed by atoms with Crippen molar-refractivity contribution in [1.29, 1.82) is 0 Å². The Bertz CT molecular complexity index is 394. The molecule has 17 heavy (non-hydrogen) atoms. The number of amides is 1. The first-order valence-corrected chi connectivity index (χ1v) is 6.03. The first-order chi connectivity index (χ1) is 8.18. The third-order valence-electron chi connectivity index (χ3n) is 3.27. The summed E-state index contributed by atoms with van der Waals surface area (Å²) in [5, 5.41) is 2.61. The average molecular weight is 236 g/mol. The molecule has 1 saturated carbocycles. The van der Waals surface area contributed by atoms with E-state index in [4.69, 9.17) is 5.73 Å². The molecule has 0 spiro atoms. The van der Waals surface area contributed by atoms with E-state index in [0.717, 1.165) is 25.7 Å². The van der Waals surface area contributed by atoms with Crippen LogP contribution in [0.1, 0.15) is 32.1 Å². The van der Waals surface area contributed by atoms with Crippen molar-refractivity contribution in [2.24, 2.45) is 5.92 Å². The second-order valence-electron chi connectivity index (χ2n) is 4.53. The van der Waals surface area contributed by atoms with Gasteiger partial charge in [0.1, 0.15) is 11.5 Å². The highest BCUT2D eigenvalue weighted by Gasteiger charge is 2.22. The fraction of sp³-hybridized carbons (Fsp3) is 0.462. The molecule has 0 unspecified atom stereocenters. The van der Waals surface area contributed by atoms with Crippen LogP contribution in [0.3, 0.4) is 0 Å². The number of hydrogen-bond acceptors (Lipinski definition) is 2. The standard InChI is InChI=1S/C13H17FN2O/c14-10-7-4-8-11(15)12(10)16-13(17)9-5-2-1-3-6-9/h4,7-9H,1-3,5-6,15H2,(H,16,17). The fourth-order valence-electron chi connectivity index (χ4n) is 2.26. The van der Waals surface area contributed by atoms with E-state index in [2.05, 4.69) is 5.32 Å². The maximum Gasteiger partial charge on any atom is 0.227 e. The molecule has 0 atom stereocenters. The number of hydrogen-bond donors (Lipinski definition) is 2. The molecule has 1 fully saturated rings. The molecule has 0 saturated heterocycles. The van der Waals surface area contributed by atoms with Gasteiger partial charge in [-0.15, -0.1) is 0 Å². The Morgan fingerprint density at radius 2 is 2.00 bits per heavy atom. The van der Waals surface area contributed by atoms with Gasteiger partial charge in [0.05, 0.1) is 5.69 Å². The smallest absolute Gasteiger partial charge is 0.227 e. The quantitative estimate of drug-likeness (QED) is 0.776. The van der Waals surface area contributed by atoms with E-state index < -0.39 is 5.82 Å². The van der Waals surface area contributed by atoms with Crippen molar-refractivity contribution in [3.8, 4) is 0 Å². The first-order valence-electron chi connectivity index (χ1n) is 6.03. The summed E-state index contributed by atoms with van der Waals surface area (Å²) in [6, 6.07) is 4.41. The number of halogens is 1. The van der Waals surface area contributed by atoms with Gasteiger partial charge in [0.15, 0.2) is 0 Å². The number of carbonyl (C=O) groups excluding carboxylic acids is 1. The Hall–Kier alpha value is -1.58. The zero-order chi connectivity index (χ0) is 12.3. The van der Waals surface area contributed by atoms with Gasteiger partial charge in [0, 0.05) is 5.92 Å². The second-order valence-corrected chi connectivity index (χ2v) is 4.53. The molecule has 3 nitrogen and oxygen atoms in total. The lowest BCUT2D eigenvalue weighted by molar-refractivity contribution is -0.120. The summed E-state index contributed by atoms with van der Waals surface area (Å²) in [6.07, 6.45) is 5.11. The summed E-state index contributed by atoms with van der Waals surface area (Å²) in [4.78, 5) is 11.9. The topological polar surface area (TPSA) is 55.1 Å². The molecule has 1 aliphatic rings.